The largest absolute Gasteiger partial charge is 0.493 e. The van der Waals surface area contributed by atoms with E-state index < -0.39 is 0 Å². The minimum atomic E-state index is -0.314. The van der Waals surface area contributed by atoms with E-state index in [1.165, 1.54) is 18.0 Å². The number of amides is 1. The van der Waals surface area contributed by atoms with Crippen LogP contribution in [0.1, 0.15) is 35.7 Å². The number of rotatable bonds is 7. The van der Waals surface area contributed by atoms with Crippen molar-refractivity contribution < 1.29 is 14.3 Å². The summed E-state index contributed by atoms with van der Waals surface area (Å²) in [7, 11) is 3.10. The van der Waals surface area contributed by atoms with E-state index in [-0.39, 0.29) is 5.91 Å². The highest BCUT2D eigenvalue weighted by Gasteiger charge is 2.11. The maximum Gasteiger partial charge on any atom is 0.258 e. The molecule has 7 nitrogen and oxygen atoms in total. The molecule has 3 aromatic rings. The second-order valence-corrected chi connectivity index (χ2v) is 6.69. The summed E-state index contributed by atoms with van der Waals surface area (Å²) in [6.07, 6.45) is 2.98. The van der Waals surface area contributed by atoms with Gasteiger partial charge in [-0.05, 0) is 29.7 Å². The molecule has 7 heteroatoms. The summed E-state index contributed by atoms with van der Waals surface area (Å²) in [5.41, 5.74) is 3.06. The van der Waals surface area contributed by atoms with Gasteiger partial charge in [-0.1, -0.05) is 32.0 Å². The van der Waals surface area contributed by atoms with Gasteiger partial charge in [0.25, 0.3) is 5.91 Å². The Labute approximate surface area is 170 Å². The molecular weight excluding hydrogens is 368 g/mol. The van der Waals surface area contributed by atoms with Crippen LogP contribution in [0.25, 0.3) is 0 Å². The number of benzene rings is 2. The van der Waals surface area contributed by atoms with Crippen LogP contribution in [0.15, 0.2) is 54.9 Å². The van der Waals surface area contributed by atoms with Gasteiger partial charge in [0.15, 0.2) is 11.5 Å². The first kappa shape index (κ1) is 20.1. The lowest BCUT2D eigenvalue weighted by Gasteiger charge is -2.13. The normalized spacial score (nSPS) is 10.5. The molecule has 29 heavy (non-hydrogen) atoms. The molecule has 1 aromatic heterocycles. The summed E-state index contributed by atoms with van der Waals surface area (Å²) >= 11 is 0. The van der Waals surface area contributed by atoms with Crippen molar-refractivity contribution in [3.05, 3.63) is 66.0 Å². The lowest BCUT2D eigenvalue weighted by Crippen LogP contribution is -2.13. The number of carbonyl (C=O) groups is 1. The molecule has 0 radical (unpaired) electrons. The highest BCUT2D eigenvalue weighted by Crippen LogP contribution is 2.30. The Kier molecular flexibility index (Phi) is 6.29. The number of ether oxygens (including phenoxy) is 2. The lowest BCUT2D eigenvalue weighted by molar-refractivity contribution is 0.102. The van der Waals surface area contributed by atoms with Gasteiger partial charge >= 0.3 is 0 Å². The third-order valence-electron chi connectivity index (χ3n) is 4.38. The number of aromatic nitrogens is 2. The van der Waals surface area contributed by atoms with Crippen LogP contribution in [0, 0.1) is 0 Å². The van der Waals surface area contributed by atoms with Crippen molar-refractivity contribution in [2.45, 2.75) is 19.8 Å². The smallest absolute Gasteiger partial charge is 0.258 e. The predicted molar refractivity (Wildman–Crippen MR) is 113 cm³/mol. The summed E-state index contributed by atoms with van der Waals surface area (Å²) in [6, 6.07) is 13.2. The fourth-order valence-corrected chi connectivity index (χ4v) is 2.86. The van der Waals surface area contributed by atoms with Crippen molar-refractivity contribution in [1.82, 2.24) is 9.97 Å². The SMILES string of the molecule is COc1ccc(NC(=O)c2cnc(Nc3ccccc3C(C)C)nc2)cc1OC. The Morgan fingerprint density at radius 3 is 2.31 bits per heavy atom. The molecule has 0 aliphatic heterocycles. The van der Waals surface area contributed by atoms with E-state index in [1.807, 2.05) is 18.2 Å². The Balaban J connectivity index is 1.71. The maximum atomic E-state index is 12.5. The first-order chi connectivity index (χ1) is 14.0. The van der Waals surface area contributed by atoms with Gasteiger partial charge in [-0.25, -0.2) is 9.97 Å². The van der Waals surface area contributed by atoms with E-state index in [0.717, 1.165) is 5.69 Å². The Morgan fingerprint density at radius 2 is 1.66 bits per heavy atom. The molecule has 2 N–H and O–H groups in total. The molecule has 0 aliphatic rings. The van der Waals surface area contributed by atoms with Crippen LogP contribution < -0.4 is 20.1 Å². The van der Waals surface area contributed by atoms with E-state index in [4.69, 9.17) is 9.47 Å². The fourth-order valence-electron chi connectivity index (χ4n) is 2.86. The lowest BCUT2D eigenvalue weighted by atomic mass is 10.0. The maximum absolute atomic E-state index is 12.5. The number of nitrogens with zero attached hydrogens (tertiary/aromatic N) is 2. The Morgan fingerprint density at radius 1 is 0.966 bits per heavy atom. The standard InChI is InChI=1S/C22H24N4O3/c1-14(2)17-7-5-6-8-18(17)26-22-23-12-15(13-24-22)21(27)25-16-9-10-19(28-3)20(11-16)29-4/h5-14H,1-4H3,(H,25,27)(H,23,24,26). The van der Waals surface area contributed by atoms with Gasteiger partial charge in [0.1, 0.15) is 0 Å². The summed E-state index contributed by atoms with van der Waals surface area (Å²) < 4.78 is 10.5. The second-order valence-electron chi connectivity index (χ2n) is 6.69. The first-order valence-electron chi connectivity index (χ1n) is 9.23. The number of nitrogens with one attached hydrogen (secondary N) is 2. The zero-order valence-electron chi connectivity index (χ0n) is 16.9. The van der Waals surface area contributed by atoms with Crippen LogP contribution in [-0.4, -0.2) is 30.1 Å². The minimum absolute atomic E-state index is 0.314. The van der Waals surface area contributed by atoms with Gasteiger partial charge in [0, 0.05) is 29.8 Å². The Hall–Kier alpha value is -3.61. The minimum Gasteiger partial charge on any atom is -0.493 e. The van der Waals surface area contributed by atoms with E-state index in [2.05, 4.69) is 40.5 Å². The van der Waals surface area contributed by atoms with E-state index >= 15 is 0 Å². The van der Waals surface area contributed by atoms with Crippen molar-refractivity contribution >= 4 is 23.2 Å². The van der Waals surface area contributed by atoms with Crippen molar-refractivity contribution in [3.63, 3.8) is 0 Å². The Bertz CT molecular complexity index is 988. The average Bonchev–Trinajstić information content (AvgIpc) is 2.74. The molecule has 1 heterocycles. The molecule has 0 saturated carbocycles. The highest BCUT2D eigenvalue weighted by atomic mass is 16.5. The van der Waals surface area contributed by atoms with E-state index in [9.17, 15) is 4.79 Å². The summed E-state index contributed by atoms with van der Waals surface area (Å²) in [4.78, 5) is 21.0. The third-order valence-corrected chi connectivity index (χ3v) is 4.38. The molecule has 3 rings (SSSR count). The number of anilines is 3. The van der Waals surface area contributed by atoms with Gasteiger partial charge in [-0.15, -0.1) is 0 Å². The summed E-state index contributed by atoms with van der Waals surface area (Å²) in [5.74, 6) is 1.60. The molecule has 2 aromatic carbocycles. The van der Waals surface area contributed by atoms with Crippen LogP contribution in [0.2, 0.25) is 0 Å². The van der Waals surface area contributed by atoms with Crippen LogP contribution in [-0.2, 0) is 0 Å². The molecule has 150 valence electrons. The third kappa shape index (κ3) is 4.82. The monoisotopic (exact) mass is 392 g/mol. The van der Waals surface area contributed by atoms with Crippen LogP contribution in [0.5, 0.6) is 11.5 Å². The number of methoxy groups -OCH3 is 2. The van der Waals surface area contributed by atoms with Gasteiger partial charge in [-0.3, -0.25) is 4.79 Å². The molecule has 0 aliphatic carbocycles. The first-order valence-corrected chi connectivity index (χ1v) is 9.23. The quantitative estimate of drug-likeness (QED) is 0.611. The molecule has 0 bridgehead atoms. The molecule has 0 fully saturated rings. The van der Waals surface area contributed by atoms with Crippen LogP contribution in [0.3, 0.4) is 0 Å². The van der Waals surface area contributed by atoms with Crippen molar-refractivity contribution in [3.8, 4) is 11.5 Å². The average molecular weight is 392 g/mol. The fraction of sp³-hybridized carbons (Fsp3) is 0.227. The summed E-state index contributed by atoms with van der Waals surface area (Å²) in [5, 5.41) is 6.02. The van der Waals surface area contributed by atoms with Crippen LogP contribution in [0.4, 0.5) is 17.3 Å². The summed E-state index contributed by atoms with van der Waals surface area (Å²) in [6.45, 7) is 4.26. The van der Waals surface area contributed by atoms with Crippen molar-refractivity contribution in [2.75, 3.05) is 24.9 Å². The van der Waals surface area contributed by atoms with Gasteiger partial charge in [0.05, 0.1) is 19.8 Å². The number of para-hydroxylation sites is 1. The molecule has 1 amide bonds. The van der Waals surface area contributed by atoms with Crippen molar-refractivity contribution in [2.24, 2.45) is 0 Å². The predicted octanol–water partition coefficient (Wildman–Crippen LogP) is 4.61. The topological polar surface area (TPSA) is 85.4 Å². The molecule has 0 saturated heterocycles. The molecule has 0 spiro atoms. The van der Waals surface area contributed by atoms with Gasteiger partial charge < -0.3 is 20.1 Å². The molecule has 0 unspecified atom stereocenters. The zero-order chi connectivity index (χ0) is 20.8. The van der Waals surface area contributed by atoms with Crippen molar-refractivity contribution in [1.29, 1.82) is 0 Å². The van der Waals surface area contributed by atoms with Gasteiger partial charge in [0.2, 0.25) is 5.95 Å². The van der Waals surface area contributed by atoms with Crippen LogP contribution >= 0.6 is 0 Å². The number of hydrogen-bond donors (Lipinski definition) is 2. The highest BCUT2D eigenvalue weighted by molar-refractivity contribution is 6.04. The van der Waals surface area contributed by atoms with E-state index in [0.29, 0.717) is 34.6 Å². The zero-order valence-corrected chi connectivity index (χ0v) is 16.9. The second kappa shape index (κ2) is 9.05. The molecule has 0 atom stereocenters. The van der Waals surface area contributed by atoms with E-state index in [1.54, 1.807) is 32.4 Å². The number of carbonyl (C=O) groups excluding carboxylic acids is 1. The molecular formula is C22H24N4O3. The number of hydrogen-bond acceptors (Lipinski definition) is 6. The van der Waals surface area contributed by atoms with Gasteiger partial charge in [-0.2, -0.15) is 0 Å².